The maximum Gasteiger partial charge on any atom is 0.255 e. The van der Waals surface area contributed by atoms with Crippen molar-refractivity contribution in [1.29, 1.82) is 0 Å². The van der Waals surface area contributed by atoms with Crippen LogP contribution in [0.3, 0.4) is 0 Å². The molecule has 9 nitrogen and oxygen atoms in total. The number of amides is 2. The summed E-state index contributed by atoms with van der Waals surface area (Å²) in [5, 5.41) is 4.89. The number of aromatic nitrogens is 2. The van der Waals surface area contributed by atoms with Crippen LogP contribution in [0.4, 0.5) is 14.7 Å². The van der Waals surface area contributed by atoms with E-state index in [1.165, 1.54) is 13.1 Å². The molecule has 1 aliphatic rings. The van der Waals surface area contributed by atoms with Crippen LogP contribution in [0.5, 0.6) is 0 Å². The van der Waals surface area contributed by atoms with E-state index in [1.807, 2.05) is 4.90 Å². The lowest BCUT2D eigenvalue weighted by molar-refractivity contribution is -0.128. The molecule has 32 heavy (non-hydrogen) atoms. The highest BCUT2D eigenvalue weighted by Gasteiger charge is 2.23. The maximum atomic E-state index is 13.6. The number of aryl methyl sites for hydroxylation is 1. The molecular weight excluding hydrogens is 424 g/mol. The monoisotopic (exact) mass is 449 g/mol. The first-order chi connectivity index (χ1) is 15.3. The molecule has 2 amide bonds. The number of halogens is 2. The Morgan fingerprint density at radius 1 is 1.25 bits per heavy atom. The summed E-state index contributed by atoms with van der Waals surface area (Å²) >= 11 is 0. The topological polar surface area (TPSA) is 116 Å². The lowest BCUT2D eigenvalue weighted by Crippen LogP contribution is -2.39. The van der Waals surface area contributed by atoms with E-state index in [-0.39, 0.29) is 24.0 Å². The number of rotatable bonds is 7. The normalized spacial score (nSPS) is 14.7. The van der Waals surface area contributed by atoms with Gasteiger partial charge in [-0.05, 0) is 31.0 Å². The van der Waals surface area contributed by atoms with Crippen molar-refractivity contribution in [3.63, 3.8) is 0 Å². The number of hydrogen-bond acceptors (Lipinski definition) is 6. The summed E-state index contributed by atoms with van der Waals surface area (Å²) in [4.78, 5) is 46.4. The Hall–Kier alpha value is -3.34. The van der Waals surface area contributed by atoms with Gasteiger partial charge in [0.15, 0.2) is 11.6 Å². The number of morpholine rings is 1. The van der Waals surface area contributed by atoms with Crippen LogP contribution in [0.25, 0.3) is 0 Å². The van der Waals surface area contributed by atoms with Gasteiger partial charge in [0.2, 0.25) is 17.8 Å². The van der Waals surface area contributed by atoms with E-state index in [9.17, 15) is 23.2 Å². The predicted molar refractivity (Wildman–Crippen MR) is 112 cm³/mol. The minimum absolute atomic E-state index is 0.0975. The average molecular weight is 449 g/mol. The third kappa shape index (κ3) is 5.47. The molecule has 1 unspecified atom stereocenters. The van der Waals surface area contributed by atoms with Crippen LogP contribution < -0.4 is 21.1 Å². The van der Waals surface area contributed by atoms with Crippen LogP contribution in [0.2, 0.25) is 0 Å². The summed E-state index contributed by atoms with van der Waals surface area (Å²) in [6, 6.07) is 1.77. The van der Waals surface area contributed by atoms with Crippen LogP contribution in [0.15, 0.2) is 23.0 Å². The Balaban J connectivity index is 1.69. The number of hydrogen-bond donors (Lipinski definition) is 3. The highest BCUT2D eigenvalue weighted by atomic mass is 19.2. The van der Waals surface area contributed by atoms with Crippen molar-refractivity contribution in [2.24, 2.45) is 0 Å². The fraction of sp³-hybridized carbons (Fsp3) is 0.429. The zero-order valence-electron chi connectivity index (χ0n) is 17.8. The smallest absolute Gasteiger partial charge is 0.255 e. The number of nitrogens with one attached hydrogen (secondary N) is 3. The SMILES string of the molecule is CNC(=O)C(NC(=O)CCc1c(C)nc(N2CCOCC2)[nH]c1=O)c1ccc(F)c(F)c1. The Labute approximate surface area is 183 Å². The quantitative estimate of drug-likeness (QED) is 0.574. The molecule has 0 spiro atoms. The Bertz CT molecular complexity index is 1050. The standard InChI is InChI=1S/C21H25F2N5O4/c1-12-14(19(30)27-21(25-12)28-7-9-32-10-8-28)4-6-17(29)26-18(20(31)24-2)13-3-5-15(22)16(23)11-13/h3,5,11,18H,4,6-10H2,1-2H3,(H,24,31)(H,26,29)(H,25,27,30). The first kappa shape index (κ1) is 23.3. The van der Waals surface area contributed by atoms with E-state index in [1.54, 1.807) is 6.92 Å². The minimum Gasteiger partial charge on any atom is -0.378 e. The summed E-state index contributed by atoms with van der Waals surface area (Å²) in [6.07, 6.45) is 0.00130. The molecule has 1 atom stereocenters. The molecule has 3 rings (SSSR count). The molecular formula is C21H25F2N5O4. The van der Waals surface area contributed by atoms with E-state index in [2.05, 4.69) is 20.6 Å². The second kappa shape index (κ2) is 10.3. The van der Waals surface area contributed by atoms with Gasteiger partial charge in [0.1, 0.15) is 6.04 Å². The van der Waals surface area contributed by atoms with Gasteiger partial charge in [-0.1, -0.05) is 6.07 Å². The molecule has 1 fully saturated rings. The molecule has 0 aliphatic carbocycles. The Morgan fingerprint density at radius 2 is 1.97 bits per heavy atom. The highest BCUT2D eigenvalue weighted by Crippen LogP contribution is 2.17. The first-order valence-electron chi connectivity index (χ1n) is 10.2. The number of benzene rings is 1. The van der Waals surface area contributed by atoms with Gasteiger partial charge >= 0.3 is 0 Å². The summed E-state index contributed by atoms with van der Waals surface area (Å²) in [6.45, 7) is 4.04. The average Bonchev–Trinajstić information content (AvgIpc) is 2.78. The van der Waals surface area contributed by atoms with Crippen LogP contribution in [-0.4, -0.2) is 55.1 Å². The minimum atomic E-state index is -1.20. The van der Waals surface area contributed by atoms with Crippen molar-refractivity contribution in [3.05, 3.63) is 57.0 Å². The molecule has 3 N–H and O–H groups in total. The predicted octanol–water partition coefficient (Wildman–Crippen LogP) is 0.729. The number of aromatic amines is 1. The molecule has 2 aromatic rings. The van der Waals surface area contributed by atoms with E-state index in [0.29, 0.717) is 43.5 Å². The molecule has 1 saturated heterocycles. The van der Waals surface area contributed by atoms with Gasteiger partial charge in [0.25, 0.3) is 5.56 Å². The summed E-state index contributed by atoms with van der Waals surface area (Å²) in [5.74, 6) is -2.84. The van der Waals surface area contributed by atoms with Gasteiger partial charge in [-0.25, -0.2) is 13.8 Å². The van der Waals surface area contributed by atoms with Crippen LogP contribution in [0, 0.1) is 18.6 Å². The van der Waals surface area contributed by atoms with E-state index < -0.39 is 29.5 Å². The zero-order chi connectivity index (χ0) is 23.3. The summed E-state index contributed by atoms with van der Waals surface area (Å²) in [7, 11) is 1.37. The zero-order valence-corrected chi connectivity index (χ0v) is 17.8. The molecule has 1 aromatic carbocycles. The lowest BCUT2D eigenvalue weighted by Gasteiger charge is -2.27. The second-order valence-corrected chi connectivity index (χ2v) is 7.34. The van der Waals surface area contributed by atoms with E-state index >= 15 is 0 Å². The van der Waals surface area contributed by atoms with Gasteiger partial charge < -0.3 is 20.3 Å². The summed E-state index contributed by atoms with van der Waals surface area (Å²) < 4.78 is 32.1. The van der Waals surface area contributed by atoms with Crippen LogP contribution in [0.1, 0.15) is 29.3 Å². The maximum absolute atomic E-state index is 13.6. The Morgan fingerprint density at radius 3 is 2.59 bits per heavy atom. The molecule has 1 aromatic heterocycles. The number of carbonyl (C=O) groups excluding carboxylic acids is 2. The van der Waals surface area contributed by atoms with Crippen molar-refractivity contribution >= 4 is 17.8 Å². The van der Waals surface area contributed by atoms with Crippen molar-refractivity contribution in [2.45, 2.75) is 25.8 Å². The van der Waals surface area contributed by atoms with Crippen LogP contribution >= 0.6 is 0 Å². The third-order valence-corrected chi connectivity index (χ3v) is 5.21. The van der Waals surface area contributed by atoms with Crippen molar-refractivity contribution in [1.82, 2.24) is 20.6 Å². The Kier molecular flexibility index (Phi) is 7.52. The fourth-order valence-electron chi connectivity index (χ4n) is 3.42. The lowest BCUT2D eigenvalue weighted by atomic mass is 10.0. The molecule has 1 aliphatic heterocycles. The first-order valence-corrected chi connectivity index (χ1v) is 10.2. The third-order valence-electron chi connectivity index (χ3n) is 5.21. The van der Waals surface area contributed by atoms with Gasteiger partial charge in [-0.2, -0.15) is 0 Å². The summed E-state index contributed by atoms with van der Waals surface area (Å²) in [5.41, 5.74) is 0.630. The fourth-order valence-corrected chi connectivity index (χ4v) is 3.42. The largest absolute Gasteiger partial charge is 0.378 e. The van der Waals surface area contributed by atoms with E-state index in [4.69, 9.17) is 4.74 Å². The molecule has 172 valence electrons. The molecule has 0 saturated carbocycles. The number of anilines is 1. The molecule has 11 heteroatoms. The van der Waals surface area contributed by atoms with Gasteiger partial charge in [0, 0.05) is 37.8 Å². The number of nitrogens with zero attached hydrogens (tertiary/aromatic N) is 2. The number of ether oxygens (including phenoxy) is 1. The molecule has 0 bridgehead atoms. The van der Waals surface area contributed by atoms with Crippen LogP contribution in [-0.2, 0) is 20.7 Å². The van der Waals surface area contributed by atoms with Crippen molar-refractivity contribution in [2.75, 3.05) is 38.3 Å². The highest BCUT2D eigenvalue weighted by molar-refractivity contribution is 5.88. The number of carbonyl (C=O) groups is 2. The number of H-pyrrole nitrogens is 1. The van der Waals surface area contributed by atoms with Crippen molar-refractivity contribution < 1.29 is 23.1 Å². The van der Waals surface area contributed by atoms with E-state index in [0.717, 1.165) is 12.1 Å². The number of likely N-dealkylation sites (N-methyl/N-ethyl adjacent to an activating group) is 1. The van der Waals surface area contributed by atoms with Crippen molar-refractivity contribution in [3.8, 4) is 0 Å². The van der Waals surface area contributed by atoms with Gasteiger partial charge in [-0.15, -0.1) is 0 Å². The van der Waals surface area contributed by atoms with Gasteiger partial charge in [-0.3, -0.25) is 19.4 Å². The van der Waals surface area contributed by atoms with Gasteiger partial charge in [0.05, 0.1) is 13.2 Å². The molecule has 0 radical (unpaired) electrons. The second-order valence-electron chi connectivity index (χ2n) is 7.34. The molecule has 2 heterocycles.